The van der Waals surface area contributed by atoms with Crippen LogP contribution in [0.15, 0.2) is 50.9 Å². The first kappa shape index (κ1) is 15.7. The highest BCUT2D eigenvalue weighted by Crippen LogP contribution is 2.33. The normalized spacial score (nSPS) is 12.0. The zero-order chi connectivity index (χ0) is 15.6. The molecule has 0 aliphatic carbocycles. The minimum Gasteiger partial charge on any atom is -0.245 e. The smallest absolute Gasteiger partial charge is 0.245 e. The zero-order valence-electron chi connectivity index (χ0n) is 11.7. The van der Waals surface area contributed by atoms with Gasteiger partial charge in [0.05, 0.1) is 4.90 Å². The summed E-state index contributed by atoms with van der Waals surface area (Å²) < 4.78 is 27.2. The first-order valence-corrected chi connectivity index (χ1v) is 8.47. The molecule has 0 unspecified atom stereocenters. The minimum atomic E-state index is -3.70. The molecule has 0 N–H and O–H groups in total. The Balaban J connectivity index is 2.68. The predicted octanol–water partition coefficient (Wildman–Crippen LogP) is 4.16. The van der Waals surface area contributed by atoms with E-state index in [1.807, 2.05) is 19.9 Å². The second-order valence-corrected chi connectivity index (χ2v) is 7.16. The average Bonchev–Trinajstić information content (AvgIpc) is 2.77. The second kappa shape index (κ2) is 5.99. The molecule has 0 spiro atoms. The van der Waals surface area contributed by atoms with E-state index in [4.69, 9.17) is 0 Å². The maximum absolute atomic E-state index is 12.7. The Morgan fingerprint density at radius 3 is 2.43 bits per heavy atom. The van der Waals surface area contributed by atoms with Crippen LogP contribution < -0.4 is 0 Å². The van der Waals surface area contributed by atoms with Gasteiger partial charge in [-0.25, -0.2) is 17.4 Å². The first-order valence-electron chi connectivity index (χ1n) is 6.24. The van der Waals surface area contributed by atoms with E-state index in [2.05, 4.69) is 27.6 Å². The third-order valence-corrected chi connectivity index (χ3v) is 5.29. The van der Waals surface area contributed by atoms with Crippen molar-refractivity contribution in [1.82, 2.24) is 3.97 Å². The van der Waals surface area contributed by atoms with Crippen molar-refractivity contribution in [2.75, 3.05) is 0 Å². The van der Waals surface area contributed by atoms with Crippen LogP contribution in [0.5, 0.6) is 0 Å². The number of allylic oxidation sites excluding steroid dienone is 1. The molecule has 6 heteroatoms. The lowest BCUT2D eigenvalue weighted by Gasteiger charge is -2.08. The molecule has 0 bridgehead atoms. The van der Waals surface area contributed by atoms with Gasteiger partial charge in [-0.3, -0.25) is 0 Å². The van der Waals surface area contributed by atoms with E-state index in [0.29, 0.717) is 15.9 Å². The van der Waals surface area contributed by atoms with Crippen molar-refractivity contribution in [3.8, 4) is 0 Å². The van der Waals surface area contributed by atoms with E-state index < -0.39 is 10.0 Å². The number of aromatic nitrogens is 1. The molecule has 0 saturated heterocycles. The van der Waals surface area contributed by atoms with Crippen LogP contribution in [0.3, 0.4) is 0 Å². The summed E-state index contributed by atoms with van der Waals surface area (Å²) in [6.07, 6.45) is 5.10. The van der Waals surface area contributed by atoms with Crippen molar-refractivity contribution >= 4 is 44.6 Å². The van der Waals surface area contributed by atoms with Crippen molar-refractivity contribution in [3.63, 3.8) is 0 Å². The summed E-state index contributed by atoms with van der Waals surface area (Å²) in [5, 5.41) is 0. The van der Waals surface area contributed by atoms with Crippen molar-refractivity contribution in [2.24, 2.45) is 4.99 Å². The molecule has 110 valence electrons. The molecule has 1 aromatic heterocycles. The lowest BCUT2D eigenvalue weighted by atomic mass is 10.2. The monoisotopic (exact) mass is 366 g/mol. The summed E-state index contributed by atoms with van der Waals surface area (Å²) in [7, 11) is -3.70. The molecule has 0 saturated carbocycles. The average molecular weight is 367 g/mol. The van der Waals surface area contributed by atoms with Gasteiger partial charge in [0.2, 0.25) is 0 Å². The number of aliphatic imine (C=N–C) groups is 1. The first-order chi connectivity index (χ1) is 9.91. The number of aryl methyl sites for hydroxylation is 1. The van der Waals surface area contributed by atoms with Crippen LogP contribution in [0, 0.1) is 6.92 Å². The number of hydrogen-bond acceptors (Lipinski definition) is 3. The number of nitrogens with zero attached hydrogens (tertiary/aromatic N) is 2. The second-order valence-electron chi connectivity index (χ2n) is 4.49. The summed E-state index contributed by atoms with van der Waals surface area (Å²) in [6.45, 7) is 7.24. The molecule has 0 atom stereocenters. The van der Waals surface area contributed by atoms with E-state index in [1.165, 1.54) is 6.20 Å². The summed E-state index contributed by atoms with van der Waals surface area (Å²) in [5.74, 6) is 0.292. The molecule has 1 heterocycles. The molecule has 0 radical (unpaired) electrons. The van der Waals surface area contributed by atoms with Crippen LogP contribution >= 0.6 is 15.9 Å². The molecule has 2 rings (SSSR count). The number of rotatable bonds is 4. The molecule has 21 heavy (non-hydrogen) atoms. The minimum absolute atomic E-state index is 0.215. The SMILES string of the molecule is C=Nc1c(/C=C\C)c(Br)cn1S(=O)(=O)c1ccc(C)cc1. The van der Waals surface area contributed by atoms with Crippen molar-refractivity contribution in [1.29, 1.82) is 0 Å². The van der Waals surface area contributed by atoms with Crippen LogP contribution in [0.1, 0.15) is 18.1 Å². The van der Waals surface area contributed by atoms with Crippen LogP contribution in [0.25, 0.3) is 6.08 Å². The Morgan fingerprint density at radius 1 is 1.29 bits per heavy atom. The summed E-state index contributed by atoms with van der Waals surface area (Å²) in [4.78, 5) is 4.09. The molecule has 1 aromatic carbocycles. The molecule has 2 aromatic rings. The van der Waals surface area contributed by atoms with E-state index in [1.54, 1.807) is 30.3 Å². The van der Waals surface area contributed by atoms with Crippen molar-refractivity contribution < 1.29 is 8.42 Å². The Kier molecular flexibility index (Phi) is 4.49. The lowest BCUT2D eigenvalue weighted by Crippen LogP contribution is -2.11. The third kappa shape index (κ3) is 2.87. The van der Waals surface area contributed by atoms with Crippen LogP contribution in [-0.4, -0.2) is 19.1 Å². The van der Waals surface area contributed by atoms with Gasteiger partial charge in [0.25, 0.3) is 10.0 Å². The maximum atomic E-state index is 12.7. The molecular formula is C15H15BrN2O2S. The fraction of sp³-hybridized carbons (Fsp3) is 0.133. The summed E-state index contributed by atoms with van der Waals surface area (Å²) in [5.41, 5.74) is 1.68. The molecular weight excluding hydrogens is 352 g/mol. The highest BCUT2D eigenvalue weighted by molar-refractivity contribution is 9.10. The molecule has 0 fully saturated rings. The van der Waals surface area contributed by atoms with Gasteiger partial charge < -0.3 is 0 Å². The van der Waals surface area contributed by atoms with Gasteiger partial charge in [-0.2, -0.15) is 0 Å². The summed E-state index contributed by atoms with van der Waals surface area (Å²) in [6, 6.07) is 6.69. The molecule has 0 aliphatic heterocycles. The number of halogens is 1. The van der Waals surface area contributed by atoms with Gasteiger partial charge in [-0.15, -0.1) is 0 Å². The zero-order valence-corrected chi connectivity index (χ0v) is 14.1. The van der Waals surface area contributed by atoms with Gasteiger partial charge >= 0.3 is 0 Å². The third-order valence-electron chi connectivity index (χ3n) is 3.00. The highest BCUT2D eigenvalue weighted by Gasteiger charge is 2.23. The Bertz CT molecular complexity index is 803. The van der Waals surface area contributed by atoms with Crippen molar-refractivity contribution in [2.45, 2.75) is 18.7 Å². The predicted molar refractivity (Wildman–Crippen MR) is 89.8 cm³/mol. The van der Waals surface area contributed by atoms with Gasteiger partial charge in [0.15, 0.2) is 5.82 Å². The van der Waals surface area contributed by atoms with Gasteiger partial charge in [-0.05, 0) is 48.6 Å². The quantitative estimate of drug-likeness (QED) is 0.762. The van der Waals surface area contributed by atoms with Crippen molar-refractivity contribution in [3.05, 3.63) is 52.1 Å². The van der Waals surface area contributed by atoms with Crippen LogP contribution in [-0.2, 0) is 10.0 Å². The molecule has 0 amide bonds. The topological polar surface area (TPSA) is 51.4 Å². The Labute approximate surface area is 133 Å². The standard InChI is InChI=1S/C15H15BrN2O2S/c1-4-5-13-14(16)10-18(15(13)17-3)21(19,20)12-8-6-11(2)7-9-12/h4-10H,3H2,1-2H3/b5-4-. The van der Waals surface area contributed by atoms with E-state index in [0.717, 1.165) is 9.54 Å². The largest absolute Gasteiger partial charge is 0.269 e. The van der Waals surface area contributed by atoms with Gasteiger partial charge in [0.1, 0.15) is 0 Å². The highest BCUT2D eigenvalue weighted by atomic mass is 79.9. The van der Waals surface area contributed by atoms with E-state index >= 15 is 0 Å². The Morgan fingerprint density at radius 2 is 1.90 bits per heavy atom. The van der Waals surface area contributed by atoms with E-state index in [-0.39, 0.29) is 4.90 Å². The van der Waals surface area contributed by atoms with Gasteiger partial charge in [-0.1, -0.05) is 29.8 Å². The lowest BCUT2D eigenvalue weighted by molar-refractivity contribution is 0.588. The Hall–Kier alpha value is -1.66. The van der Waals surface area contributed by atoms with Gasteiger partial charge in [0, 0.05) is 16.2 Å². The fourth-order valence-electron chi connectivity index (χ4n) is 1.94. The van der Waals surface area contributed by atoms with Crippen LogP contribution in [0.4, 0.5) is 5.82 Å². The number of hydrogen-bond donors (Lipinski definition) is 0. The molecule has 0 aliphatic rings. The number of benzene rings is 1. The fourth-order valence-corrected chi connectivity index (χ4v) is 3.93. The van der Waals surface area contributed by atoms with Crippen LogP contribution in [0.2, 0.25) is 0 Å². The summed E-state index contributed by atoms with van der Waals surface area (Å²) >= 11 is 3.36. The maximum Gasteiger partial charge on any atom is 0.269 e. The van der Waals surface area contributed by atoms with E-state index in [9.17, 15) is 8.42 Å². The molecule has 4 nitrogen and oxygen atoms in total.